The van der Waals surface area contributed by atoms with E-state index < -0.39 is 6.10 Å². The molecular formula is C20H18N6O3. The zero-order valence-corrected chi connectivity index (χ0v) is 15.7. The zero-order valence-electron chi connectivity index (χ0n) is 15.7. The summed E-state index contributed by atoms with van der Waals surface area (Å²) in [4.78, 5) is 24.1. The van der Waals surface area contributed by atoms with Crippen molar-refractivity contribution in [3.63, 3.8) is 0 Å². The molecule has 1 aliphatic heterocycles. The van der Waals surface area contributed by atoms with Crippen molar-refractivity contribution in [2.75, 3.05) is 6.54 Å². The number of hydrogen-bond donors (Lipinski definition) is 2. The molecule has 0 saturated heterocycles. The van der Waals surface area contributed by atoms with Gasteiger partial charge in [-0.1, -0.05) is 6.07 Å². The summed E-state index contributed by atoms with van der Waals surface area (Å²) in [5.74, 6) is 0.110. The van der Waals surface area contributed by atoms with Crippen LogP contribution in [0.3, 0.4) is 0 Å². The molecule has 1 unspecified atom stereocenters. The summed E-state index contributed by atoms with van der Waals surface area (Å²) in [5.41, 5.74) is 4.22. The van der Waals surface area contributed by atoms with Gasteiger partial charge in [-0.3, -0.25) is 4.57 Å². The van der Waals surface area contributed by atoms with Crippen LogP contribution in [-0.2, 0) is 17.9 Å². The van der Waals surface area contributed by atoms with Gasteiger partial charge >= 0.3 is 5.97 Å². The van der Waals surface area contributed by atoms with E-state index in [0.29, 0.717) is 30.3 Å². The summed E-state index contributed by atoms with van der Waals surface area (Å²) in [7, 11) is 0. The van der Waals surface area contributed by atoms with Crippen LogP contribution in [0.1, 0.15) is 44.4 Å². The standard InChI is InChI=1S/C20H18N6O3/c1-12-15(2-3-16-17(12)10-29-19(16)28)18(27)8-22-5-13-6-23-20(24-7-13)26-9-14(4-21)25-11-26/h2-3,6-7,9,11,18,22,27H,5,8,10H2,1H3. The number of esters is 1. The summed E-state index contributed by atoms with van der Waals surface area (Å²) in [6.07, 6.45) is 5.68. The fourth-order valence-electron chi connectivity index (χ4n) is 3.25. The normalized spacial score (nSPS) is 13.6. The van der Waals surface area contributed by atoms with Crippen LogP contribution in [0.25, 0.3) is 5.95 Å². The lowest BCUT2D eigenvalue weighted by molar-refractivity contribution is 0.0535. The average molecular weight is 390 g/mol. The Kier molecular flexibility index (Phi) is 5.03. The summed E-state index contributed by atoms with van der Waals surface area (Å²) in [5, 5.41) is 22.5. The van der Waals surface area contributed by atoms with E-state index in [1.54, 1.807) is 35.3 Å². The van der Waals surface area contributed by atoms with Gasteiger partial charge < -0.3 is 15.2 Å². The SMILES string of the molecule is Cc1c(C(O)CNCc2cnc(-n3cnc(C#N)c3)nc2)ccc2c1COC2=O. The summed E-state index contributed by atoms with van der Waals surface area (Å²) in [6.45, 7) is 2.96. The van der Waals surface area contributed by atoms with Crippen molar-refractivity contribution in [1.82, 2.24) is 24.8 Å². The highest BCUT2D eigenvalue weighted by Gasteiger charge is 2.25. The molecule has 0 bridgehead atoms. The first kappa shape index (κ1) is 18.7. The van der Waals surface area contributed by atoms with E-state index in [1.807, 2.05) is 13.0 Å². The minimum atomic E-state index is -0.716. The van der Waals surface area contributed by atoms with Crippen molar-refractivity contribution in [2.45, 2.75) is 26.2 Å². The summed E-state index contributed by atoms with van der Waals surface area (Å²) in [6, 6.07) is 5.43. The number of ether oxygens (including phenoxy) is 1. The van der Waals surface area contributed by atoms with Crippen LogP contribution < -0.4 is 5.32 Å². The second-order valence-corrected chi connectivity index (χ2v) is 6.70. The Hall–Kier alpha value is -3.61. The highest BCUT2D eigenvalue weighted by atomic mass is 16.5. The number of carbonyl (C=O) groups is 1. The van der Waals surface area contributed by atoms with E-state index >= 15 is 0 Å². The van der Waals surface area contributed by atoms with Crippen molar-refractivity contribution in [3.8, 4) is 12.0 Å². The van der Waals surface area contributed by atoms with Gasteiger partial charge in [0.1, 0.15) is 19.0 Å². The van der Waals surface area contributed by atoms with E-state index in [9.17, 15) is 9.90 Å². The number of hydrogen-bond acceptors (Lipinski definition) is 8. The lowest BCUT2D eigenvalue weighted by Crippen LogP contribution is -2.22. The molecule has 0 spiro atoms. The van der Waals surface area contributed by atoms with Crippen LogP contribution in [0.4, 0.5) is 0 Å². The predicted octanol–water partition coefficient (Wildman–Crippen LogP) is 1.34. The van der Waals surface area contributed by atoms with Crippen LogP contribution in [0, 0.1) is 18.3 Å². The fourth-order valence-corrected chi connectivity index (χ4v) is 3.25. The minimum Gasteiger partial charge on any atom is -0.457 e. The van der Waals surface area contributed by atoms with E-state index in [2.05, 4.69) is 20.3 Å². The number of nitrogens with one attached hydrogen (secondary N) is 1. The van der Waals surface area contributed by atoms with Crippen molar-refractivity contribution < 1.29 is 14.6 Å². The molecule has 0 radical (unpaired) electrons. The Bertz CT molecular complexity index is 1100. The van der Waals surface area contributed by atoms with E-state index in [1.165, 1.54) is 6.33 Å². The van der Waals surface area contributed by atoms with Gasteiger partial charge in [0.2, 0.25) is 5.95 Å². The third-order valence-corrected chi connectivity index (χ3v) is 4.85. The third kappa shape index (κ3) is 3.71. The van der Waals surface area contributed by atoms with Gasteiger partial charge in [0, 0.05) is 42.8 Å². The number of fused-ring (bicyclic) bond motifs is 1. The Balaban J connectivity index is 1.35. The Morgan fingerprint density at radius 2 is 2.14 bits per heavy atom. The van der Waals surface area contributed by atoms with Crippen LogP contribution in [0.15, 0.2) is 37.1 Å². The number of imidazole rings is 1. The largest absolute Gasteiger partial charge is 0.457 e. The monoisotopic (exact) mass is 390 g/mol. The molecule has 1 aromatic carbocycles. The van der Waals surface area contributed by atoms with E-state index in [0.717, 1.165) is 22.3 Å². The first-order chi connectivity index (χ1) is 14.1. The number of benzene rings is 1. The third-order valence-electron chi connectivity index (χ3n) is 4.85. The minimum absolute atomic E-state index is 0.254. The van der Waals surface area contributed by atoms with Gasteiger partial charge in [-0.25, -0.2) is 19.7 Å². The average Bonchev–Trinajstić information content (AvgIpc) is 3.36. The zero-order chi connectivity index (χ0) is 20.4. The fraction of sp³-hybridized carbons (Fsp3) is 0.250. The molecule has 9 nitrogen and oxygen atoms in total. The number of nitriles is 1. The van der Waals surface area contributed by atoms with Crippen LogP contribution in [0.5, 0.6) is 0 Å². The number of aliphatic hydroxyl groups is 1. The molecule has 2 aromatic heterocycles. The molecular weight excluding hydrogens is 372 g/mol. The Labute approximate surface area is 166 Å². The molecule has 0 fully saturated rings. The quantitative estimate of drug-likeness (QED) is 0.604. The molecule has 0 aliphatic carbocycles. The molecule has 1 aliphatic rings. The second kappa shape index (κ2) is 7.79. The molecule has 146 valence electrons. The smallest absolute Gasteiger partial charge is 0.338 e. The van der Waals surface area contributed by atoms with Gasteiger partial charge in [0.25, 0.3) is 0 Å². The molecule has 1 atom stereocenters. The van der Waals surface area contributed by atoms with Gasteiger partial charge in [-0.2, -0.15) is 5.26 Å². The molecule has 29 heavy (non-hydrogen) atoms. The molecule has 0 saturated carbocycles. The van der Waals surface area contributed by atoms with Crippen LogP contribution in [-0.4, -0.2) is 37.1 Å². The van der Waals surface area contributed by atoms with E-state index in [4.69, 9.17) is 10.00 Å². The van der Waals surface area contributed by atoms with E-state index in [-0.39, 0.29) is 12.6 Å². The number of carbonyl (C=O) groups excluding carboxylic acids is 1. The molecule has 9 heteroatoms. The van der Waals surface area contributed by atoms with Crippen molar-refractivity contribution >= 4 is 5.97 Å². The van der Waals surface area contributed by atoms with Crippen molar-refractivity contribution in [2.24, 2.45) is 0 Å². The molecule has 4 rings (SSSR count). The number of aromatic nitrogens is 4. The lowest BCUT2D eigenvalue weighted by Gasteiger charge is -2.16. The number of rotatable bonds is 6. The molecule has 3 aromatic rings. The van der Waals surface area contributed by atoms with Crippen molar-refractivity contribution in [1.29, 1.82) is 5.26 Å². The van der Waals surface area contributed by atoms with Crippen molar-refractivity contribution in [3.05, 3.63) is 70.6 Å². The maximum atomic E-state index is 11.6. The van der Waals surface area contributed by atoms with Crippen LogP contribution >= 0.6 is 0 Å². The maximum absolute atomic E-state index is 11.6. The summed E-state index contributed by atoms with van der Waals surface area (Å²) >= 11 is 0. The number of nitrogens with zero attached hydrogens (tertiary/aromatic N) is 5. The summed E-state index contributed by atoms with van der Waals surface area (Å²) < 4.78 is 6.63. The van der Waals surface area contributed by atoms with Crippen LogP contribution in [0.2, 0.25) is 0 Å². The van der Waals surface area contributed by atoms with Gasteiger partial charge in [-0.05, 0) is 24.1 Å². The Morgan fingerprint density at radius 1 is 1.34 bits per heavy atom. The Morgan fingerprint density at radius 3 is 2.86 bits per heavy atom. The number of cyclic esters (lactones) is 1. The molecule has 2 N–H and O–H groups in total. The number of aliphatic hydroxyl groups excluding tert-OH is 1. The predicted molar refractivity (Wildman–Crippen MR) is 101 cm³/mol. The first-order valence-corrected chi connectivity index (χ1v) is 9.00. The topological polar surface area (TPSA) is 126 Å². The highest BCUT2D eigenvalue weighted by molar-refractivity contribution is 5.93. The van der Waals surface area contributed by atoms with Gasteiger partial charge in [0.05, 0.1) is 11.7 Å². The highest BCUT2D eigenvalue weighted by Crippen LogP contribution is 2.28. The molecule has 3 heterocycles. The van der Waals surface area contributed by atoms with Gasteiger partial charge in [-0.15, -0.1) is 0 Å². The van der Waals surface area contributed by atoms with Gasteiger partial charge in [0.15, 0.2) is 5.69 Å². The lowest BCUT2D eigenvalue weighted by atomic mass is 9.95. The first-order valence-electron chi connectivity index (χ1n) is 9.00. The second-order valence-electron chi connectivity index (χ2n) is 6.70. The molecule has 0 amide bonds. The maximum Gasteiger partial charge on any atom is 0.338 e.